The molecule has 5 heteroatoms. The van der Waals surface area contributed by atoms with Crippen LogP contribution in [0.3, 0.4) is 0 Å². The number of anilines is 1. The first-order valence-corrected chi connectivity index (χ1v) is 10.2. The van der Waals surface area contributed by atoms with Gasteiger partial charge in [-0.15, -0.1) is 0 Å². The number of rotatable bonds is 7. The lowest BCUT2D eigenvalue weighted by atomic mass is 10.1. The van der Waals surface area contributed by atoms with Gasteiger partial charge < -0.3 is 10.1 Å². The Labute approximate surface area is 159 Å². The van der Waals surface area contributed by atoms with Gasteiger partial charge in [0.25, 0.3) is 5.91 Å². The number of benzene rings is 2. The number of nitrogens with zero attached hydrogens (tertiary/aromatic N) is 1. The summed E-state index contributed by atoms with van der Waals surface area (Å²) in [5, 5.41) is 3.04. The largest absolute Gasteiger partial charge is 0.364 e. The fraction of sp³-hybridized carbons (Fsp3) is 0.381. The zero-order valence-electron chi connectivity index (χ0n) is 15.2. The molecule has 1 unspecified atom stereocenters. The molecule has 0 radical (unpaired) electrons. The molecule has 1 fully saturated rings. The zero-order chi connectivity index (χ0) is 18.2. The number of thioether (sulfide) groups is 1. The van der Waals surface area contributed by atoms with Crippen LogP contribution in [0.15, 0.2) is 54.6 Å². The van der Waals surface area contributed by atoms with Crippen LogP contribution in [0.5, 0.6) is 0 Å². The lowest BCUT2D eigenvalue weighted by molar-refractivity contribution is -0.127. The van der Waals surface area contributed by atoms with Crippen molar-refractivity contribution >= 4 is 23.4 Å². The third-order valence-corrected chi connectivity index (χ3v) is 5.43. The molecule has 1 aliphatic heterocycles. The van der Waals surface area contributed by atoms with E-state index in [0.29, 0.717) is 6.61 Å². The van der Waals surface area contributed by atoms with Gasteiger partial charge in [-0.2, -0.15) is 11.8 Å². The van der Waals surface area contributed by atoms with Gasteiger partial charge in [-0.3, -0.25) is 9.69 Å². The Kier molecular flexibility index (Phi) is 7.12. The number of carbonyl (C=O) groups is 1. The smallest absolute Gasteiger partial charge is 0.253 e. The van der Waals surface area contributed by atoms with E-state index in [-0.39, 0.29) is 5.91 Å². The minimum atomic E-state index is -0.505. The average molecular weight is 371 g/mol. The van der Waals surface area contributed by atoms with Gasteiger partial charge in [0.1, 0.15) is 6.10 Å². The molecule has 1 aliphatic rings. The molecule has 1 amide bonds. The molecule has 0 spiro atoms. The summed E-state index contributed by atoms with van der Waals surface area (Å²) in [5.41, 5.74) is 3.10. The Morgan fingerprint density at radius 3 is 2.58 bits per heavy atom. The minimum absolute atomic E-state index is 0.109. The second kappa shape index (κ2) is 9.76. The SMILES string of the molecule is CC(OCc1ccccc1)C(=O)Nc1ccccc1CN1CCSCC1. The van der Waals surface area contributed by atoms with Crippen LogP contribution in [0.2, 0.25) is 0 Å². The number of ether oxygens (including phenoxy) is 1. The number of amides is 1. The van der Waals surface area contributed by atoms with Gasteiger partial charge in [0.05, 0.1) is 6.61 Å². The van der Waals surface area contributed by atoms with E-state index in [9.17, 15) is 4.79 Å². The highest BCUT2D eigenvalue weighted by Gasteiger charge is 2.17. The van der Waals surface area contributed by atoms with E-state index in [1.54, 1.807) is 6.92 Å². The van der Waals surface area contributed by atoms with Crippen molar-refractivity contribution in [1.29, 1.82) is 0 Å². The molecule has 1 atom stereocenters. The van der Waals surface area contributed by atoms with Crippen LogP contribution in [0, 0.1) is 0 Å². The van der Waals surface area contributed by atoms with Crippen molar-refractivity contribution in [3.63, 3.8) is 0 Å². The highest BCUT2D eigenvalue weighted by atomic mass is 32.2. The van der Waals surface area contributed by atoms with Gasteiger partial charge in [-0.05, 0) is 24.1 Å². The number of nitrogens with one attached hydrogen (secondary N) is 1. The van der Waals surface area contributed by atoms with Crippen molar-refractivity contribution in [3.05, 3.63) is 65.7 Å². The average Bonchev–Trinajstić information content (AvgIpc) is 2.69. The van der Waals surface area contributed by atoms with Gasteiger partial charge in [-0.1, -0.05) is 48.5 Å². The highest BCUT2D eigenvalue weighted by Crippen LogP contribution is 2.20. The van der Waals surface area contributed by atoms with Crippen LogP contribution >= 0.6 is 11.8 Å². The van der Waals surface area contributed by atoms with E-state index in [1.165, 1.54) is 11.5 Å². The third kappa shape index (κ3) is 5.59. The maximum Gasteiger partial charge on any atom is 0.253 e. The molecule has 0 aliphatic carbocycles. The highest BCUT2D eigenvalue weighted by molar-refractivity contribution is 7.99. The summed E-state index contributed by atoms with van der Waals surface area (Å²) >= 11 is 2.00. The molecule has 1 saturated heterocycles. The number of hydrogen-bond acceptors (Lipinski definition) is 4. The van der Waals surface area contributed by atoms with Gasteiger partial charge in [-0.25, -0.2) is 0 Å². The topological polar surface area (TPSA) is 41.6 Å². The Morgan fingerprint density at radius 2 is 1.81 bits per heavy atom. The molecule has 138 valence electrons. The molecule has 1 heterocycles. The van der Waals surface area contributed by atoms with Crippen LogP contribution in [-0.2, 0) is 22.7 Å². The van der Waals surface area contributed by atoms with Crippen LogP contribution < -0.4 is 5.32 Å². The van der Waals surface area contributed by atoms with Crippen molar-refractivity contribution in [2.45, 2.75) is 26.2 Å². The van der Waals surface area contributed by atoms with Crippen LogP contribution in [0.1, 0.15) is 18.1 Å². The molecule has 0 bridgehead atoms. The van der Waals surface area contributed by atoms with Crippen molar-refractivity contribution in [1.82, 2.24) is 4.90 Å². The summed E-state index contributed by atoms with van der Waals surface area (Å²) in [7, 11) is 0. The fourth-order valence-corrected chi connectivity index (χ4v) is 3.86. The van der Waals surface area contributed by atoms with E-state index in [4.69, 9.17) is 4.74 Å². The third-order valence-electron chi connectivity index (χ3n) is 4.48. The van der Waals surface area contributed by atoms with E-state index < -0.39 is 6.10 Å². The minimum Gasteiger partial charge on any atom is -0.364 e. The fourth-order valence-electron chi connectivity index (χ4n) is 2.89. The van der Waals surface area contributed by atoms with E-state index in [1.807, 2.05) is 60.3 Å². The van der Waals surface area contributed by atoms with Crippen molar-refractivity contribution < 1.29 is 9.53 Å². The molecule has 0 saturated carbocycles. The van der Waals surface area contributed by atoms with Crippen LogP contribution in [0.25, 0.3) is 0 Å². The van der Waals surface area contributed by atoms with E-state index in [2.05, 4.69) is 16.3 Å². The summed E-state index contributed by atoms with van der Waals surface area (Å²) in [6.45, 7) is 5.30. The molecule has 4 nitrogen and oxygen atoms in total. The Bertz CT molecular complexity index is 702. The zero-order valence-corrected chi connectivity index (χ0v) is 16.0. The van der Waals surface area contributed by atoms with Gasteiger partial charge in [0.2, 0.25) is 0 Å². The molecular weight excluding hydrogens is 344 g/mol. The summed E-state index contributed by atoms with van der Waals surface area (Å²) in [4.78, 5) is 15.0. The van der Waals surface area contributed by atoms with E-state index >= 15 is 0 Å². The van der Waals surface area contributed by atoms with Crippen molar-refractivity contribution in [2.24, 2.45) is 0 Å². The normalized spacial score (nSPS) is 16.2. The standard InChI is InChI=1S/C21H26N2O2S/c1-17(25-16-18-7-3-2-4-8-18)21(24)22-20-10-6-5-9-19(20)15-23-11-13-26-14-12-23/h2-10,17H,11-16H2,1H3,(H,22,24). The second-order valence-corrected chi connectivity index (χ2v) is 7.70. The van der Waals surface area contributed by atoms with E-state index in [0.717, 1.165) is 36.4 Å². The second-order valence-electron chi connectivity index (χ2n) is 6.47. The molecule has 2 aromatic carbocycles. The van der Waals surface area contributed by atoms with Crippen molar-refractivity contribution in [2.75, 3.05) is 29.9 Å². The molecular formula is C21H26N2O2S. The first-order valence-electron chi connectivity index (χ1n) is 9.07. The van der Waals surface area contributed by atoms with Gasteiger partial charge in [0, 0.05) is 36.8 Å². The molecule has 2 aromatic rings. The molecule has 0 aromatic heterocycles. The quantitative estimate of drug-likeness (QED) is 0.805. The summed E-state index contributed by atoms with van der Waals surface area (Å²) < 4.78 is 5.73. The number of hydrogen-bond donors (Lipinski definition) is 1. The first-order chi connectivity index (χ1) is 12.7. The number of para-hydroxylation sites is 1. The predicted molar refractivity (Wildman–Crippen MR) is 108 cm³/mol. The Hall–Kier alpha value is -1.82. The molecule has 3 rings (SSSR count). The Balaban J connectivity index is 1.56. The van der Waals surface area contributed by atoms with Gasteiger partial charge in [0.15, 0.2) is 0 Å². The maximum atomic E-state index is 12.5. The summed E-state index contributed by atoms with van der Waals surface area (Å²) in [5.74, 6) is 2.25. The summed E-state index contributed by atoms with van der Waals surface area (Å²) in [6, 6.07) is 17.9. The number of carbonyl (C=O) groups excluding carboxylic acids is 1. The van der Waals surface area contributed by atoms with Crippen molar-refractivity contribution in [3.8, 4) is 0 Å². The Morgan fingerprint density at radius 1 is 1.12 bits per heavy atom. The molecule has 1 N–H and O–H groups in total. The van der Waals surface area contributed by atoms with Crippen LogP contribution in [-0.4, -0.2) is 41.5 Å². The lowest BCUT2D eigenvalue weighted by Gasteiger charge is -2.27. The predicted octanol–water partition coefficient (Wildman–Crippen LogP) is 3.78. The maximum absolute atomic E-state index is 12.5. The van der Waals surface area contributed by atoms with Gasteiger partial charge >= 0.3 is 0 Å². The molecule has 26 heavy (non-hydrogen) atoms. The summed E-state index contributed by atoms with van der Waals surface area (Å²) in [6.07, 6.45) is -0.505. The first kappa shape index (κ1) is 19.0. The lowest BCUT2D eigenvalue weighted by Crippen LogP contribution is -2.33. The van der Waals surface area contributed by atoms with Crippen LogP contribution in [0.4, 0.5) is 5.69 Å². The monoisotopic (exact) mass is 370 g/mol.